The van der Waals surface area contributed by atoms with E-state index in [9.17, 15) is 10.2 Å². The van der Waals surface area contributed by atoms with E-state index in [-0.39, 0.29) is 29.8 Å². The molecular formula is C14H26O4. The topological polar surface area (TPSA) is 58.9 Å². The lowest BCUT2D eigenvalue weighted by Gasteiger charge is -2.45. The minimum absolute atomic E-state index is 0.0766. The van der Waals surface area contributed by atoms with Crippen LogP contribution < -0.4 is 0 Å². The Morgan fingerprint density at radius 1 is 1.00 bits per heavy atom. The first-order chi connectivity index (χ1) is 8.45. The fourth-order valence-corrected chi connectivity index (χ4v) is 3.41. The molecule has 1 aliphatic heterocycles. The molecule has 4 nitrogen and oxygen atoms in total. The van der Waals surface area contributed by atoms with Crippen molar-refractivity contribution in [2.75, 3.05) is 26.4 Å². The zero-order valence-electron chi connectivity index (χ0n) is 11.6. The molecule has 1 saturated heterocycles. The van der Waals surface area contributed by atoms with E-state index in [1.807, 2.05) is 0 Å². The Bertz CT molecular complexity index is 272. The van der Waals surface area contributed by atoms with Crippen molar-refractivity contribution in [1.82, 2.24) is 0 Å². The van der Waals surface area contributed by atoms with Gasteiger partial charge in [-0.15, -0.1) is 0 Å². The van der Waals surface area contributed by atoms with Gasteiger partial charge in [-0.25, -0.2) is 0 Å². The third-order valence-corrected chi connectivity index (χ3v) is 4.50. The summed E-state index contributed by atoms with van der Waals surface area (Å²) in [5.41, 5.74) is -0.211. The van der Waals surface area contributed by atoms with Crippen molar-refractivity contribution in [2.24, 2.45) is 10.8 Å². The number of aliphatic hydroxyl groups excluding tert-OH is 2. The molecule has 0 amide bonds. The molecule has 18 heavy (non-hydrogen) atoms. The van der Waals surface area contributed by atoms with Gasteiger partial charge in [-0.1, -0.05) is 13.8 Å². The maximum absolute atomic E-state index is 9.77. The molecule has 2 fully saturated rings. The van der Waals surface area contributed by atoms with Gasteiger partial charge < -0.3 is 19.7 Å². The molecule has 0 radical (unpaired) electrons. The average molecular weight is 258 g/mol. The molecule has 2 rings (SSSR count). The van der Waals surface area contributed by atoms with Gasteiger partial charge in [0, 0.05) is 26.1 Å². The highest BCUT2D eigenvalue weighted by Gasteiger charge is 2.47. The third-order valence-electron chi connectivity index (χ3n) is 4.50. The lowest BCUT2D eigenvalue weighted by molar-refractivity contribution is -0.198. The highest BCUT2D eigenvalue weighted by molar-refractivity contribution is 4.93. The zero-order valence-corrected chi connectivity index (χ0v) is 11.6. The number of rotatable bonds is 4. The Balaban J connectivity index is 1.99. The average Bonchev–Trinajstić information content (AvgIpc) is 2.82. The summed E-state index contributed by atoms with van der Waals surface area (Å²) in [4.78, 5) is 0. The summed E-state index contributed by atoms with van der Waals surface area (Å²) in [6.07, 6.45) is 4.38. The molecule has 106 valence electrons. The molecule has 1 heterocycles. The molecule has 1 spiro atoms. The van der Waals surface area contributed by atoms with Gasteiger partial charge in [0.2, 0.25) is 0 Å². The summed E-state index contributed by atoms with van der Waals surface area (Å²) < 4.78 is 11.4. The quantitative estimate of drug-likeness (QED) is 0.805. The molecule has 0 aromatic heterocycles. The van der Waals surface area contributed by atoms with Crippen molar-refractivity contribution >= 4 is 0 Å². The van der Waals surface area contributed by atoms with Crippen molar-refractivity contribution in [3.05, 3.63) is 0 Å². The summed E-state index contributed by atoms with van der Waals surface area (Å²) >= 11 is 0. The fraction of sp³-hybridized carbons (Fsp3) is 1.00. The molecule has 0 unspecified atom stereocenters. The minimum atomic E-state index is -0.373. The largest absolute Gasteiger partial charge is 0.396 e. The second kappa shape index (κ2) is 5.08. The second-order valence-corrected chi connectivity index (χ2v) is 6.76. The van der Waals surface area contributed by atoms with Gasteiger partial charge in [-0.3, -0.25) is 0 Å². The molecule has 2 N–H and O–H groups in total. The van der Waals surface area contributed by atoms with E-state index >= 15 is 0 Å². The smallest absolute Gasteiger partial charge is 0.168 e. The molecule has 2 aliphatic rings. The van der Waals surface area contributed by atoms with Crippen LogP contribution in [0.4, 0.5) is 0 Å². The van der Waals surface area contributed by atoms with Gasteiger partial charge >= 0.3 is 0 Å². The first-order valence-corrected chi connectivity index (χ1v) is 6.95. The van der Waals surface area contributed by atoms with Crippen LogP contribution in [0.1, 0.15) is 46.0 Å². The predicted molar refractivity (Wildman–Crippen MR) is 68.1 cm³/mol. The molecule has 0 bridgehead atoms. The molecule has 0 aromatic carbocycles. The van der Waals surface area contributed by atoms with Crippen molar-refractivity contribution in [3.8, 4) is 0 Å². The summed E-state index contributed by atoms with van der Waals surface area (Å²) in [7, 11) is 0. The molecule has 1 saturated carbocycles. The Morgan fingerprint density at radius 2 is 1.56 bits per heavy atom. The Kier molecular flexibility index (Phi) is 4.02. The van der Waals surface area contributed by atoms with E-state index in [0.29, 0.717) is 13.2 Å². The SMILES string of the molecule is CC(C)(CO)CC1(CO)CCC2(CC1)OCCO2. The van der Waals surface area contributed by atoms with Gasteiger partial charge in [0.15, 0.2) is 5.79 Å². The summed E-state index contributed by atoms with van der Waals surface area (Å²) in [5, 5.41) is 19.2. The molecule has 0 aromatic rings. The van der Waals surface area contributed by atoms with Crippen LogP contribution in [0.25, 0.3) is 0 Å². The van der Waals surface area contributed by atoms with E-state index < -0.39 is 0 Å². The molecule has 0 atom stereocenters. The van der Waals surface area contributed by atoms with E-state index in [1.54, 1.807) is 0 Å². The predicted octanol–water partition coefficient (Wildman–Crippen LogP) is 1.69. The number of hydrogen-bond acceptors (Lipinski definition) is 4. The Labute approximate surface area is 109 Å². The van der Waals surface area contributed by atoms with E-state index in [4.69, 9.17) is 9.47 Å². The number of hydrogen-bond donors (Lipinski definition) is 2. The van der Waals surface area contributed by atoms with Gasteiger partial charge in [0.25, 0.3) is 0 Å². The standard InChI is InChI=1S/C14H26O4/c1-12(2,10-15)9-13(11-16)3-5-14(6-4-13)17-7-8-18-14/h15-16H,3-11H2,1-2H3. The van der Waals surface area contributed by atoms with E-state index in [0.717, 1.165) is 32.1 Å². The maximum Gasteiger partial charge on any atom is 0.168 e. The van der Waals surface area contributed by atoms with E-state index in [1.165, 1.54) is 0 Å². The first kappa shape index (κ1) is 14.3. The summed E-state index contributed by atoms with van der Waals surface area (Å²) in [5.74, 6) is -0.373. The van der Waals surface area contributed by atoms with Crippen LogP contribution in [0.3, 0.4) is 0 Å². The Hall–Kier alpha value is -0.160. The fourth-order valence-electron chi connectivity index (χ4n) is 3.41. The van der Waals surface area contributed by atoms with Crippen LogP contribution in [0.5, 0.6) is 0 Å². The van der Waals surface area contributed by atoms with Gasteiger partial charge in [0.05, 0.1) is 13.2 Å². The summed E-state index contributed by atoms with van der Waals surface area (Å²) in [6, 6.07) is 0. The summed E-state index contributed by atoms with van der Waals surface area (Å²) in [6.45, 7) is 5.83. The van der Waals surface area contributed by atoms with Crippen molar-refractivity contribution < 1.29 is 19.7 Å². The highest BCUT2D eigenvalue weighted by Crippen LogP contribution is 2.49. The van der Waals surface area contributed by atoms with Gasteiger partial charge in [0.1, 0.15) is 0 Å². The monoisotopic (exact) mass is 258 g/mol. The minimum Gasteiger partial charge on any atom is -0.396 e. The lowest BCUT2D eigenvalue weighted by atomic mass is 9.65. The molecule has 1 aliphatic carbocycles. The Morgan fingerprint density at radius 3 is 2.00 bits per heavy atom. The van der Waals surface area contributed by atoms with Crippen molar-refractivity contribution in [1.29, 1.82) is 0 Å². The number of ether oxygens (including phenoxy) is 2. The first-order valence-electron chi connectivity index (χ1n) is 6.95. The van der Waals surface area contributed by atoms with Crippen LogP contribution in [-0.4, -0.2) is 42.4 Å². The second-order valence-electron chi connectivity index (χ2n) is 6.76. The van der Waals surface area contributed by atoms with Crippen LogP contribution in [0, 0.1) is 10.8 Å². The van der Waals surface area contributed by atoms with Crippen LogP contribution in [0.2, 0.25) is 0 Å². The van der Waals surface area contributed by atoms with Gasteiger partial charge in [-0.05, 0) is 30.1 Å². The van der Waals surface area contributed by atoms with Crippen molar-refractivity contribution in [2.45, 2.75) is 51.7 Å². The van der Waals surface area contributed by atoms with Crippen LogP contribution >= 0.6 is 0 Å². The molecular weight excluding hydrogens is 232 g/mol. The zero-order chi connectivity index (χ0) is 13.3. The molecule has 4 heteroatoms. The maximum atomic E-state index is 9.77. The highest BCUT2D eigenvalue weighted by atomic mass is 16.7. The van der Waals surface area contributed by atoms with Crippen LogP contribution in [0.15, 0.2) is 0 Å². The van der Waals surface area contributed by atoms with Gasteiger partial charge in [-0.2, -0.15) is 0 Å². The number of aliphatic hydroxyl groups is 2. The normalized spacial score (nSPS) is 26.7. The van der Waals surface area contributed by atoms with Crippen LogP contribution in [-0.2, 0) is 9.47 Å². The van der Waals surface area contributed by atoms with E-state index in [2.05, 4.69) is 13.8 Å². The van der Waals surface area contributed by atoms with Crippen molar-refractivity contribution in [3.63, 3.8) is 0 Å². The lowest BCUT2D eigenvalue weighted by Crippen LogP contribution is -2.44. The third kappa shape index (κ3) is 2.87.